The van der Waals surface area contributed by atoms with Gasteiger partial charge in [-0.05, 0) is 6.42 Å². The number of guanidine groups is 1. The molecule has 2 atom stereocenters. The van der Waals surface area contributed by atoms with Crippen LogP contribution in [0.5, 0.6) is 0 Å². The number of imide groups is 1. The summed E-state index contributed by atoms with van der Waals surface area (Å²) < 4.78 is 0. The van der Waals surface area contributed by atoms with E-state index in [4.69, 9.17) is 0 Å². The highest BCUT2D eigenvalue weighted by Gasteiger charge is 2.50. The topological polar surface area (TPSA) is 94.1 Å². The van der Waals surface area contributed by atoms with Gasteiger partial charge in [0.1, 0.15) is 6.17 Å². The number of benzene rings is 1. The van der Waals surface area contributed by atoms with E-state index in [0.717, 1.165) is 12.8 Å². The Hall–Kier alpha value is -2.90. The van der Waals surface area contributed by atoms with Gasteiger partial charge in [-0.25, -0.2) is 4.79 Å². The van der Waals surface area contributed by atoms with Gasteiger partial charge in [-0.2, -0.15) is 0 Å². The lowest BCUT2D eigenvalue weighted by Crippen LogP contribution is -2.65. The molecule has 26 heavy (non-hydrogen) atoms. The van der Waals surface area contributed by atoms with Gasteiger partial charge in [0.2, 0.25) is 0 Å². The molecule has 2 fully saturated rings. The van der Waals surface area contributed by atoms with Crippen molar-refractivity contribution in [1.29, 1.82) is 0 Å². The molecule has 2 saturated heterocycles. The molecule has 0 bridgehead atoms. The summed E-state index contributed by atoms with van der Waals surface area (Å²) in [6.07, 6.45) is 1.35. The SMILES string of the molecule is CCCCN=C1NC2C(C(=O)NC(=O)N2C)N1CC(=O)c1ccccc1. The maximum atomic E-state index is 12.7. The van der Waals surface area contributed by atoms with Crippen LogP contribution in [0, 0.1) is 0 Å². The first-order valence-electron chi connectivity index (χ1n) is 8.76. The zero-order valence-electron chi connectivity index (χ0n) is 14.9. The van der Waals surface area contributed by atoms with Gasteiger partial charge in [-0.3, -0.25) is 19.9 Å². The number of aliphatic imine (C=N–C) groups is 1. The highest BCUT2D eigenvalue weighted by Crippen LogP contribution is 2.21. The van der Waals surface area contributed by atoms with Crippen molar-refractivity contribution >= 4 is 23.7 Å². The molecule has 8 heteroatoms. The van der Waals surface area contributed by atoms with Gasteiger partial charge in [-0.1, -0.05) is 43.7 Å². The van der Waals surface area contributed by atoms with Gasteiger partial charge in [0.15, 0.2) is 17.8 Å². The predicted octanol–water partition coefficient (Wildman–Crippen LogP) is 0.807. The van der Waals surface area contributed by atoms with Crippen LogP contribution in [0.2, 0.25) is 0 Å². The summed E-state index contributed by atoms with van der Waals surface area (Å²) in [7, 11) is 1.61. The molecule has 2 aliphatic rings. The number of fused-ring (bicyclic) bond motifs is 1. The summed E-state index contributed by atoms with van der Waals surface area (Å²) in [6.45, 7) is 2.67. The minimum Gasteiger partial charge on any atom is -0.333 e. The number of ketones is 1. The van der Waals surface area contributed by atoms with Crippen molar-refractivity contribution in [2.75, 3.05) is 20.1 Å². The number of amides is 3. The summed E-state index contributed by atoms with van der Waals surface area (Å²) in [4.78, 5) is 44.6. The first-order chi connectivity index (χ1) is 12.5. The number of Topliss-reactive ketones (excluding diaryl/α,β-unsaturated/α-hetero) is 1. The second-order valence-electron chi connectivity index (χ2n) is 6.42. The van der Waals surface area contributed by atoms with Crippen molar-refractivity contribution in [3.63, 3.8) is 0 Å². The summed E-state index contributed by atoms with van der Waals surface area (Å²) in [5.74, 6) is -0.0508. The van der Waals surface area contributed by atoms with Gasteiger partial charge in [0.25, 0.3) is 5.91 Å². The molecular formula is C18H23N5O3. The van der Waals surface area contributed by atoms with Crippen molar-refractivity contribution in [2.45, 2.75) is 32.0 Å². The maximum absolute atomic E-state index is 12.7. The molecule has 3 rings (SSSR count). The van der Waals surface area contributed by atoms with E-state index in [1.54, 1.807) is 36.2 Å². The number of carbonyl (C=O) groups is 3. The van der Waals surface area contributed by atoms with Crippen molar-refractivity contribution in [1.82, 2.24) is 20.4 Å². The highest BCUT2D eigenvalue weighted by molar-refractivity contribution is 6.06. The first kappa shape index (κ1) is 17.9. The smallest absolute Gasteiger partial charge is 0.325 e. The van der Waals surface area contributed by atoms with Crippen LogP contribution in [0.4, 0.5) is 4.79 Å². The van der Waals surface area contributed by atoms with E-state index < -0.39 is 24.1 Å². The Labute approximate surface area is 152 Å². The van der Waals surface area contributed by atoms with Crippen molar-refractivity contribution in [3.05, 3.63) is 35.9 Å². The van der Waals surface area contributed by atoms with Gasteiger partial charge in [-0.15, -0.1) is 0 Å². The van der Waals surface area contributed by atoms with Gasteiger partial charge in [0.05, 0.1) is 6.54 Å². The van der Waals surface area contributed by atoms with Gasteiger partial charge in [0, 0.05) is 19.2 Å². The third kappa shape index (κ3) is 3.40. The summed E-state index contributed by atoms with van der Waals surface area (Å²) in [6, 6.07) is 7.78. The maximum Gasteiger partial charge on any atom is 0.325 e. The van der Waals surface area contributed by atoms with E-state index in [0.29, 0.717) is 18.1 Å². The number of nitrogens with one attached hydrogen (secondary N) is 2. The molecule has 3 amide bonds. The van der Waals surface area contributed by atoms with Crippen LogP contribution >= 0.6 is 0 Å². The standard InChI is InChI=1S/C18H23N5O3/c1-3-4-10-19-17-20-15-14(16(25)21-18(26)22(15)2)23(17)11-13(24)12-8-6-5-7-9-12/h5-9,14-15H,3-4,10-11H2,1-2H3,(H,19,20)(H,21,25,26). The lowest BCUT2D eigenvalue weighted by molar-refractivity contribution is -0.126. The van der Waals surface area contributed by atoms with E-state index in [-0.39, 0.29) is 12.3 Å². The molecule has 2 aliphatic heterocycles. The molecule has 0 radical (unpaired) electrons. The van der Waals surface area contributed by atoms with Crippen LogP contribution in [0.15, 0.2) is 35.3 Å². The number of hydrogen-bond donors (Lipinski definition) is 2. The fourth-order valence-corrected chi connectivity index (χ4v) is 3.11. The van der Waals surface area contributed by atoms with Crippen LogP contribution < -0.4 is 10.6 Å². The molecule has 0 aliphatic carbocycles. The number of nitrogens with zero attached hydrogens (tertiary/aromatic N) is 3. The molecule has 138 valence electrons. The lowest BCUT2D eigenvalue weighted by atomic mass is 10.1. The Morgan fingerprint density at radius 1 is 1.23 bits per heavy atom. The van der Waals surface area contributed by atoms with E-state index in [1.807, 2.05) is 6.07 Å². The second kappa shape index (κ2) is 7.55. The van der Waals surface area contributed by atoms with Gasteiger partial charge >= 0.3 is 6.03 Å². The highest BCUT2D eigenvalue weighted by atomic mass is 16.2. The number of urea groups is 1. The molecule has 2 unspecified atom stereocenters. The average Bonchev–Trinajstić information content (AvgIpc) is 3.00. The predicted molar refractivity (Wildman–Crippen MR) is 96.7 cm³/mol. The molecular weight excluding hydrogens is 334 g/mol. The second-order valence-corrected chi connectivity index (χ2v) is 6.42. The number of unbranched alkanes of at least 4 members (excludes halogenated alkanes) is 1. The Bertz CT molecular complexity index is 734. The molecule has 0 spiro atoms. The van der Waals surface area contributed by atoms with E-state index in [2.05, 4.69) is 22.5 Å². The zero-order valence-corrected chi connectivity index (χ0v) is 14.9. The third-order valence-corrected chi connectivity index (χ3v) is 4.60. The zero-order chi connectivity index (χ0) is 18.7. The third-order valence-electron chi connectivity index (χ3n) is 4.60. The van der Waals surface area contributed by atoms with E-state index in [9.17, 15) is 14.4 Å². The molecule has 1 aromatic rings. The quantitative estimate of drug-likeness (QED) is 0.580. The Morgan fingerprint density at radius 3 is 2.65 bits per heavy atom. The molecule has 8 nitrogen and oxygen atoms in total. The van der Waals surface area contributed by atoms with Crippen LogP contribution in [-0.2, 0) is 4.79 Å². The first-order valence-corrected chi connectivity index (χ1v) is 8.76. The molecule has 2 N–H and O–H groups in total. The van der Waals surface area contributed by atoms with Crippen molar-refractivity contribution in [3.8, 4) is 0 Å². The van der Waals surface area contributed by atoms with Gasteiger partial charge < -0.3 is 15.1 Å². The monoisotopic (exact) mass is 357 g/mol. The normalized spacial score (nSPS) is 23.7. The largest absolute Gasteiger partial charge is 0.333 e. The van der Waals surface area contributed by atoms with E-state index in [1.165, 1.54) is 4.90 Å². The summed E-state index contributed by atoms with van der Waals surface area (Å²) in [5.41, 5.74) is 0.574. The number of rotatable bonds is 6. The Balaban J connectivity index is 1.87. The molecule has 1 aromatic carbocycles. The lowest BCUT2D eigenvalue weighted by Gasteiger charge is -2.35. The summed E-state index contributed by atoms with van der Waals surface area (Å²) in [5, 5.41) is 5.47. The van der Waals surface area contributed by atoms with Crippen LogP contribution in [0.3, 0.4) is 0 Å². The Morgan fingerprint density at radius 2 is 1.96 bits per heavy atom. The van der Waals surface area contributed by atoms with Crippen molar-refractivity contribution in [2.24, 2.45) is 4.99 Å². The van der Waals surface area contributed by atoms with Crippen LogP contribution in [0.1, 0.15) is 30.1 Å². The molecule has 2 heterocycles. The minimum atomic E-state index is -0.689. The number of carbonyl (C=O) groups excluding carboxylic acids is 3. The van der Waals surface area contributed by atoms with Crippen LogP contribution in [-0.4, -0.2) is 65.8 Å². The Kier molecular flexibility index (Phi) is 5.20. The summed E-state index contributed by atoms with van der Waals surface area (Å²) >= 11 is 0. The van der Waals surface area contributed by atoms with E-state index >= 15 is 0 Å². The fourth-order valence-electron chi connectivity index (χ4n) is 3.11. The average molecular weight is 357 g/mol. The number of likely N-dealkylation sites (N-methyl/N-ethyl adjacent to an activating group) is 1. The number of hydrogen-bond acceptors (Lipinski definition) is 4. The van der Waals surface area contributed by atoms with Crippen LogP contribution in [0.25, 0.3) is 0 Å². The molecule has 0 aromatic heterocycles. The van der Waals surface area contributed by atoms with Crippen molar-refractivity contribution < 1.29 is 14.4 Å². The fraction of sp³-hybridized carbons (Fsp3) is 0.444. The minimum absolute atomic E-state index is 0.0125. The molecule has 0 saturated carbocycles.